The molecule has 5 rings (SSSR count). The van der Waals surface area contributed by atoms with Crippen LogP contribution in [0, 0.1) is 17.3 Å². The molecule has 2 aliphatic heterocycles. The van der Waals surface area contributed by atoms with Crippen LogP contribution in [0.5, 0.6) is 11.6 Å². The van der Waals surface area contributed by atoms with Crippen LogP contribution in [0.2, 0.25) is 0 Å². The first kappa shape index (κ1) is 34.3. The van der Waals surface area contributed by atoms with Gasteiger partial charge in [-0.2, -0.15) is 8.78 Å². The number of hydrogen-bond acceptors (Lipinski definition) is 8. The molecular weight excluding hydrogens is 614 g/mol. The molecule has 0 unspecified atom stereocenters. The number of alkyl halides is 2. The van der Waals surface area contributed by atoms with Crippen molar-refractivity contribution in [3.63, 3.8) is 0 Å². The average Bonchev–Trinajstić information content (AvgIpc) is 3.34. The Hall–Kier alpha value is -4.03. The van der Waals surface area contributed by atoms with Crippen molar-refractivity contribution in [1.29, 1.82) is 0 Å². The van der Waals surface area contributed by atoms with Crippen molar-refractivity contribution in [3.05, 3.63) is 36.0 Å². The first-order valence-corrected chi connectivity index (χ1v) is 16.3. The quantitative estimate of drug-likeness (QED) is 0.381. The number of ether oxygens (including phenoxy) is 3. The number of nitrogens with zero attached hydrogens (tertiary/aromatic N) is 3. The summed E-state index contributed by atoms with van der Waals surface area (Å²) in [5.41, 5.74) is -0.981. The van der Waals surface area contributed by atoms with E-state index in [1.165, 1.54) is 7.11 Å². The van der Waals surface area contributed by atoms with E-state index in [1.807, 2.05) is 12.2 Å². The van der Waals surface area contributed by atoms with Crippen LogP contribution in [0.15, 0.2) is 30.4 Å². The molecule has 0 saturated carbocycles. The lowest BCUT2D eigenvalue weighted by Crippen LogP contribution is -2.57. The van der Waals surface area contributed by atoms with Crippen LogP contribution in [0.1, 0.15) is 78.3 Å². The number of aromatic nitrogens is 2. The standard InChI is InChI=1S/C34H44F2N4O7/c1-19-25-18-40(26(19)31(42)43)30(41)28(33(2,3)4)39-32(44)47-24-13-9-8-12-20(24)11-7-6-10-16-34(35,36)27-29(46-25)38-23-17-21(45-5)14-15-22(23)37-27/h8,12,14-15,17,19-20,24-26,28H,6-7,9-11,13,16,18H2,1-5H3,(H,39,44)(H,42,43)/t19-,20-,24-,25+,26+,28-/m1/s1. The number of benzene rings is 1. The lowest BCUT2D eigenvalue weighted by Gasteiger charge is -2.35. The first-order valence-electron chi connectivity index (χ1n) is 16.3. The van der Waals surface area contributed by atoms with E-state index in [1.54, 1.807) is 45.9 Å². The van der Waals surface area contributed by atoms with E-state index in [0.29, 0.717) is 31.4 Å². The molecule has 1 fully saturated rings. The number of hydrogen-bond donors (Lipinski definition) is 2. The molecule has 6 atom stereocenters. The Labute approximate surface area is 273 Å². The van der Waals surface area contributed by atoms with Crippen LogP contribution in [-0.2, 0) is 20.2 Å². The Kier molecular flexibility index (Phi) is 9.93. The lowest BCUT2D eigenvalue weighted by atomic mass is 9.85. The molecule has 2 bridgehead atoms. The number of methoxy groups -OCH3 is 1. The third kappa shape index (κ3) is 7.43. The van der Waals surface area contributed by atoms with Crippen LogP contribution >= 0.6 is 0 Å². The summed E-state index contributed by atoms with van der Waals surface area (Å²) in [5, 5.41) is 13.0. The Morgan fingerprint density at radius 1 is 1.09 bits per heavy atom. The number of carbonyl (C=O) groups is 3. The zero-order valence-electron chi connectivity index (χ0n) is 27.5. The second kappa shape index (κ2) is 13.6. The van der Waals surface area contributed by atoms with Crippen LogP contribution < -0.4 is 14.8 Å². The summed E-state index contributed by atoms with van der Waals surface area (Å²) in [7, 11) is 1.47. The molecule has 0 spiro atoms. The van der Waals surface area contributed by atoms with Gasteiger partial charge in [0.05, 0.1) is 24.7 Å². The van der Waals surface area contributed by atoms with Crippen molar-refractivity contribution in [2.75, 3.05) is 13.7 Å². The van der Waals surface area contributed by atoms with E-state index in [-0.39, 0.29) is 29.9 Å². The van der Waals surface area contributed by atoms with Crippen LogP contribution in [0.25, 0.3) is 11.0 Å². The van der Waals surface area contributed by atoms with Crippen molar-refractivity contribution in [2.24, 2.45) is 17.3 Å². The summed E-state index contributed by atoms with van der Waals surface area (Å²) in [4.78, 5) is 49.9. The second-order valence-electron chi connectivity index (χ2n) is 13.9. The van der Waals surface area contributed by atoms with Gasteiger partial charge >= 0.3 is 12.1 Å². The van der Waals surface area contributed by atoms with Crippen LogP contribution in [0.3, 0.4) is 0 Å². The molecule has 3 aliphatic rings. The molecule has 2 aromatic rings. The van der Waals surface area contributed by atoms with Crippen molar-refractivity contribution < 1.29 is 42.5 Å². The zero-order chi connectivity index (χ0) is 34.1. The number of carbonyl (C=O) groups excluding carboxylic acids is 2. The van der Waals surface area contributed by atoms with Gasteiger partial charge in [-0.05, 0) is 43.2 Å². The van der Waals surface area contributed by atoms with E-state index in [0.717, 1.165) is 11.3 Å². The maximum atomic E-state index is 16.0. The summed E-state index contributed by atoms with van der Waals surface area (Å²) in [6.07, 6.45) is 4.62. The minimum Gasteiger partial charge on any atom is -0.497 e. The topological polar surface area (TPSA) is 140 Å². The predicted octanol–water partition coefficient (Wildman–Crippen LogP) is 5.85. The van der Waals surface area contributed by atoms with Crippen LogP contribution in [-0.4, -0.2) is 75.9 Å². The Morgan fingerprint density at radius 2 is 1.85 bits per heavy atom. The molecule has 1 saturated heterocycles. The second-order valence-corrected chi connectivity index (χ2v) is 13.9. The van der Waals surface area contributed by atoms with E-state index in [2.05, 4.69) is 15.3 Å². The molecule has 2 amide bonds. The largest absolute Gasteiger partial charge is 0.497 e. The summed E-state index contributed by atoms with van der Waals surface area (Å²) in [5.74, 6) is -6.24. The number of halogens is 2. The number of carboxylic acids is 1. The van der Waals surface area contributed by atoms with E-state index in [9.17, 15) is 19.5 Å². The molecule has 13 heteroatoms. The lowest BCUT2D eigenvalue weighted by molar-refractivity contribution is -0.151. The fourth-order valence-electron chi connectivity index (χ4n) is 6.72. The van der Waals surface area contributed by atoms with Crippen molar-refractivity contribution >= 4 is 29.0 Å². The number of allylic oxidation sites excluding steroid dienone is 1. The molecule has 11 nitrogen and oxygen atoms in total. The Balaban J connectivity index is 1.57. The number of rotatable bonds is 2. The Bertz CT molecular complexity index is 1530. The molecule has 2 N–H and O–H groups in total. The van der Waals surface area contributed by atoms with Crippen molar-refractivity contribution in [3.8, 4) is 11.6 Å². The van der Waals surface area contributed by atoms with Gasteiger partial charge in [0.25, 0.3) is 5.92 Å². The minimum absolute atomic E-state index is 0.0965. The van der Waals surface area contributed by atoms with Gasteiger partial charge in [0.1, 0.15) is 30.0 Å². The molecule has 1 aromatic heterocycles. The van der Waals surface area contributed by atoms with Gasteiger partial charge in [-0.15, -0.1) is 0 Å². The third-order valence-electron chi connectivity index (χ3n) is 9.42. The van der Waals surface area contributed by atoms with Crippen molar-refractivity contribution in [2.45, 2.75) is 103 Å². The van der Waals surface area contributed by atoms with E-state index < -0.39 is 77.5 Å². The molecule has 256 valence electrons. The minimum atomic E-state index is -3.41. The Morgan fingerprint density at radius 3 is 2.55 bits per heavy atom. The SMILES string of the molecule is COc1ccc2nc3c(nc2c1)O[C@H]1CN(C(=O)[C@H](C(C)(C)C)NC(=O)O[C@@H]2CCC=C[C@H]2CCCCCC3(F)F)[C@H](C(=O)O)[C@@H]1C. The predicted molar refractivity (Wildman–Crippen MR) is 168 cm³/mol. The molecular formula is C34H44F2N4O7. The number of alkyl carbamates (subject to hydrolysis) is 1. The molecule has 47 heavy (non-hydrogen) atoms. The number of nitrogens with one attached hydrogen (secondary N) is 1. The smallest absolute Gasteiger partial charge is 0.408 e. The van der Waals surface area contributed by atoms with E-state index in [4.69, 9.17) is 14.2 Å². The van der Waals surface area contributed by atoms with E-state index >= 15 is 8.78 Å². The maximum Gasteiger partial charge on any atom is 0.408 e. The van der Waals surface area contributed by atoms with Gasteiger partial charge in [-0.3, -0.25) is 4.79 Å². The summed E-state index contributed by atoms with van der Waals surface area (Å²) in [6.45, 7) is 6.62. The fourth-order valence-corrected chi connectivity index (χ4v) is 6.72. The van der Waals surface area contributed by atoms with Gasteiger partial charge < -0.3 is 29.5 Å². The number of carboxylic acid groups (broad SMARTS) is 1. The van der Waals surface area contributed by atoms with Crippen molar-refractivity contribution in [1.82, 2.24) is 20.2 Å². The number of amides is 2. The number of fused-ring (bicyclic) bond motifs is 5. The average molecular weight is 659 g/mol. The zero-order valence-corrected chi connectivity index (χ0v) is 27.5. The molecule has 0 radical (unpaired) electrons. The monoisotopic (exact) mass is 658 g/mol. The highest BCUT2D eigenvalue weighted by Gasteiger charge is 2.51. The summed E-state index contributed by atoms with van der Waals surface area (Å²) in [6, 6.07) is 2.20. The highest BCUT2D eigenvalue weighted by Crippen LogP contribution is 2.41. The third-order valence-corrected chi connectivity index (χ3v) is 9.42. The highest BCUT2D eigenvalue weighted by atomic mass is 19.3. The van der Waals surface area contributed by atoms with Gasteiger partial charge in [-0.25, -0.2) is 19.6 Å². The van der Waals surface area contributed by atoms with Gasteiger partial charge in [0.2, 0.25) is 11.8 Å². The fraction of sp³-hybridized carbons (Fsp3) is 0.618. The molecule has 3 heterocycles. The maximum absolute atomic E-state index is 16.0. The summed E-state index contributed by atoms with van der Waals surface area (Å²) >= 11 is 0. The van der Waals surface area contributed by atoms with Gasteiger partial charge in [0, 0.05) is 24.3 Å². The molecule has 1 aromatic carbocycles. The normalized spacial score (nSPS) is 28.9. The molecule has 1 aliphatic carbocycles. The van der Waals surface area contributed by atoms with Crippen LogP contribution in [0.4, 0.5) is 13.6 Å². The van der Waals surface area contributed by atoms with Gasteiger partial charge in [0.15, 0.2) is 5.69 Å². The summed E-state index contributed by atoms with van der Waals surface area (Å²) < 4.78 is 49.3. The highest BCUT2D eigenvalue weighted by molar-refractivity contribution is 5.90. The number of aliphatic carboxylic acids is 1. The van der Waals surface area contributed by atoms with Gasteiger partial charge in [-0.1, -0.05) is 52.7 Å². The first-order chi connectivity index (χ1) is 22.2.